The van der Waals surface area contributed by atoms with Gasteiger partial charge in [0.15, 0.2) is 0 Å². The minimum Gasteiger partial charge on any atom is -0.394 e. The van der Waals surface area contributed by atoms with Crippen LogP contribution in [-0.2, 0) is 9.47 Å². The van der Waals surface area contributed by atoms with Crippen LogP contribution in [0, 0.1) is 0 Å². The number of rotatable bonds is 3. The lowest BCUT2D eigenvalue weighted by Crippen LogP contribution is -2.43. The number of ether oxygens (including phenoxy) is 2. The first-order valence-electron chi connectivity index (χ1n) is 4.11. The molecule has 0 aliphatic carbocycles. The average Bonchev–Trinajstić information content (AvgIpc) is 2.18. The highest BCUT2D eigenvalue weighted by atomic mass is 16.5. The molecule has 1 N–H and O–H groups in total. The summed E-state index contributed by atoms with van der Waals surface area (Å²) in [5.74, 6) is 0. The van der Waals surface area contributed by atoms with Crippen LogP contribution >= 0.6 is 0 Å². The van der Waals surface area contributed by atoms with Crippen molar-refractivity contribution in [2.45, 2.75) is 24.7 Å². The molecule has 0 unspecified atom stereocenters. The van der Waals surface area contributed by atoms with Gasteiger partial charge in [0, 0.05) is 12.0 Å². The molecule has 3 atom stereocenters. The SMILES string of the molecule is CO[C@H]1C[C@@H](N=[N+]=[N-])CO[C@@H]1CO. The van der Waals surface area contributed by atoms with Gasteiger partial charge in [-0.05, 0) is 12.0 Å². The molecule has 6 nitrogen and oxygen atoms in total. The van der Waals surface area contributed by atoms with Crippen molar-refractivity contribution in [3.8, 4) is 0 Å². The second kappa shape index (κ2) is 5.04. The quantitative estimate of drug-likeness (QED) is 0.395. The van der Waals surface area contributed by atoms with Gasteiger partial charge in [0.1, 0.15) is 6.10 Å². The van der Waals surface area contributed by atoms with Gasteiger partial charge in [-0.2, -0.15) is 0 Å². The molecule has 1 heterocycles. The van der Waals surface area contributed by atoms with Crippen molar-refractivity contribution in [1.82, 2.24) is 0 Å². The summed E-state index contributed by atoms with van der Waals surface area (Å²) in [5, 5.41) is 12.4. The van der Waals surface area contributed by atoms with E-state index in [4.69, 9.17) is 20.1 Å². The van der Waals surface area contributed by atoms with E-state index in [1.165, 1.54) is 0 Å². The van der Waals surface area contributed by atoms with E-state index in [1.807, 2.05) is 0 Å². The third-order valence-electron chi connectivity index (χ3n) is 2.12. The number of aliphatic hydroxyl groups excluding tert-OH is 1. The lowest BCUT2D eigenvalue weighted by atomic mass is 10.0. The topological polar surface area (TPSA) is 87.5 Å². The predicted octanol–water partition coefficient (Wildman–Crippen LogP) is 0.461. The summed E-state index contributed by atoms with van der Waals surface area (Å²) >= 11 is 0. The lowest BCUT2D eigenvalue weighted by Gasteiger charge is -2.32. The molecular weight excluding hydrogens is 174 g/mol. The van der Waals surface area contributed by atoms with Crippen molar-refractivity contribution < 1.29 is 14.6 Å². The van der Waals surface area contributed by atoms with Crippen LogP contribution in [0.2, 0.25) is 0 Å². The van der Waals surface area contributed by atoms with Gasteiger partial charge in [0.05, 0.1) is 25.4 Å². The maximum Gasteiger partial charge on any atom is 0.107 e. The smallest absolute Gasteiger partial charge is 0.107 e. The Kier molecular flexibility index (Phi) is 3.98. The second-order valence-electron chi connectivity index (χ2n) is 2.92. The maximum atomic E-state index is 8.90. The third-order valence-corrected chi connectivity index (χ3v) is 2.12. The van der Waals surface area contributed by atoms with E-state index in [-0.39, 0.29) is 24.9 Å². The summed E-state index contributed by atoms with van der Waals surface area (Å²) in [5.41, 5.74) is 8.21. The molecule has 0 saturated carbocycles. The molecule has 6 heteroatoms. The molecule has 0 amide bonds. The minimum absolute atomic E-state index is 0.0680. The van der Waals surface area contributed by atoms with E-state index in [9.17, 15) is 0 Å². The van der Waals surface area contributed by atoms with E-state index < -0.39 is 0 Å². The zero-order valence-electron chi connectivity index (χ0n) is 7.46. The van der Waals surface area contributed by atoms with E-state index in [0.717, 1.165) is 0 Å². The fourth-order valence-corrected chi connectivity index (χ4v) is 1.40. The molecule has 1 fully saturated rings. The first-order valence-corrected chi connectivity index (χ1v) is 4.11. The fraction of sp³-hybridized carbons (Fsp3) is 1.00. The number of nitrogens with zero attached hydrogens (tertiary/aromatic N) is 3. The number of aliphatic hydroxyl groups is 1. The van der Waals surface area contributed by atoms with Gasteiger partial charge in [-0.15, -0.1) is 0 Å². The molecule has 13 heavy (non-hydrogen) atoms. The summed E-state index contributed by atoms with van der Waals surface area (Å²) in [4.78, 5) is 2.71. The van der Waals surface area contributed by atoms with Crippen LogP contribution in [0.1, 0.15) is 6.42 Å². The van der Waals surface area contributed by atoms with Gasteiger partial charge in [0.2, 0.25) is 0 Å². The van der Waals surface area contributed by atoms with Crippen molar-refractivity contribution in [1.29, 1.82) is 0 Å². The average molecular weight is 187 g/mol. The highest BCUT2D eigenvalue weighted by molar-refractivity contribution is 4.83. The fourth-order valence-electron chi connectivity index (χ4n) is 1.40. The maximum absolute atomic E-state index is 8.90. The zero-order chi connectivity index (χ0) is 9.68. The van der Waals surface area contributed by atoms with Crippen molar-refractivity contribution >= 4 is 0 Å². The molecule has 1 rings (SSSR count). The van der Waals surface area contributed by atoms with Gasteiger partial charge in [0.25, 0.3) is 0 Å². The first-order chi connectivity index (χ1) is 6.31. The molecule has 0 spiro atoms. The molecule has 1 aliphatic heterocycles. The minimum atomic E-state index is -0.296. The monoisotopic (exact) mass is 187 g/mol. The Bertz CT molecular complexity index is 205. The number of methoxy groups -OCH3 is 1. The van der Waals surface area contributed by atoms with Crippen molar-refractivity contribution in [3.63, 3.8) is 0 Å². The Hall–Kier alpha value is -0.810. The normalized spacial score (nSPS) is 33.8. The van der Waals surface area contributed by atoms with E-state index >= 15 is 0 Å². The first kappa shape index (κ1) is 10.3. The molecule has 0 aromatic carbocycles. The van der Waals surface area contributed by atoms with Gasteiger partial charge >= 0.3 is 0 Å². The second-order valence-corrected chi connectivity index (χ2v) is 2.92. The summed E-state index contributed by atoms with van der Waals surface area (Å²) < 4.78 is 10.4. The van der Waals surface area contributed by atoms with Gasteiger partial charge in [-0.3, -0.25) is 0 Å². The molecule has 0 bridgehead atoms. The van der Waals surface area contributed by atoms with Gasteiger partial charge in [-0.1, -0.05) is 5.11 Å². The van der Waals surface area contributed by atoms with Gasteiger partial charge in [-0.25, -0.2) is 0 Å². The van der Waals surface area contributed by atoms with Crippen molar-refractivity contribution in [2.75, 3.05) is 20.3 Å². The number of hydrogen-bond donors (Lipinski definition) is 1. The van der Waals surface area contributed by atoms with Crippen molar-refractivity contribution in [3.05, 3.63) is 10.4 Å². The van der Waals surface area contributed by atoms with Crippen LogP contribution in [0.5, 0.6) is 0 Å². The molecule has 0 aromatic rings. The lowest BCUT2D eigenvalue weighted by molar-refractivity contribution is -0.115. The molecule has 0 aromatic heterocycles. The summed E-state index contributed by atoms with van der Waals surface area (Å²) in [7, 11) is 1.55. The van der Waals surface area contributed by atoms with Crippen LogP contribution in [0.4, 0.5) is 0 Å². The molecule has 0 radical (unpaired) electrons. The predicted molar refractivity (Wildman–Crippen MR) is 45.2 cm³/mol. The molecule has 1 aliphatic rings. The van der Waals surface area contributed by atoms with E-state index in [2.05, 4.69) is 10.0 Å². The van der Waals surface area contributed by atoms with Crippen molar-refractivity contribution in [2.24, 2.45) is 5.11 Å². The number of hydrogen-bond acceptors (Lipinski definition) is 4. The van der Waals surface area contributed by atoms with E-state index in [0.29, 0.717) is 13.0 Å². The van der Waals surface area contributed by atoms with Crippen LogP contribution in [0.3, 0.4) is 0 Å². The Balaban J connectivity index is 2.51. The zero-order valence-corrected chi connectivity index (χ0v) is 7.46. The standard InChI is InChI=1S/C7H13N3O3/c1-12-6-2-5(9-10-8)4-13-7(6)3-11/h5-7,11H,2-4H2,1H3/t5-,6+,7-/m1/s1. The summed E-state index contributed by atoms with van der Waals surface area (Å²) in [6, 6.07) is -0.183. The van der Waals surface area contributed by atoms with Crippen LogP contribution < -0.4 is 0 Å². The van der Waals surface area contributed by atoms with Crippen LogP contribution in [-0.4, -0.2) is 43.7 Å². The Morgan fingerprint density at radius 3 is 3.08 bits per heavy atom. The Morgan fingerprint density at radius 2 is 2.54 bits per heavy atom. The van der Waals surface area contributed by atoms with Crippen LogP contribution in [0.15, 0.2) is 5.11 Å². The largest absolute Gasteiger partial charge is 0.394 e. The molecular formula is C7H13N3O3. The van der Waals surface area contributed by atoms with E-state index in [1.54, 1.807) is 7.11 Å². The van der Waals surface area contributed by atoms with Gasteiger partial charge < -0.3 is 14.6 Å². The molecule has 74 valence electrons. The highest BCUT2D eigenvalue weighted by Gasteiger charge is 2.30. The summed E-state index contributed by atoms with van der Waals surface area (Å²) in [6.45, 7) is 0.288. The van der Waals surface area contributed by atoms with Crippen LogP contribution in [0.25, 0.3) is 10.4 Å². The number of azide groups is 1. The Labute approximate surface area is 76.1 Å². The summed E-state index contributed by atoms with van der Waals surface area (Å²) in [6.07, 6.45) is 0.121. The highest BCUT2D eigenvalue weighted by Crippen LogP contribution is 2.19. The third kappa shape index (κ3) is 2.57. The molecule has 1 saturated heterocycles. The Morgan fingerprint density at radius 1 is 1.77 bits per heavy atom.